The number of carbonyl (C=O) groups excluding carboxylic acids is 1. The minimum Gasteiger partial charge on any atom is -0.321 e. The highest BCUT2D eigenvalue weighted by atomic mass is 16.1. The number of rotatable bonds is 3. The second-order valence-electron chi connectivity index (χ2n) is 6.83. The predicted molar refractivity (Wildman–Crippen MR) is 110 cm³/mol. The van der Waals surface area contributed by atoms with Crippen LogP contribution in [0.25, 0.3) is 22.3 Å². The Bertz CT molecular complexity index is 1300. The van der Waals surface area contributed by atoms with Crippen molar-refractivity contribution < 1.29 is 4.79 Å². The third-order valence-corrected chi connectivity index (χ3v) is 4.93. The summed E-state index contributed by atoms with van der Waals surface area (Å²) in [5, 5.41) is 20.3. The Hall–Kier alpha value is -4.05. The molecule has 3 aromatic heterocycles. The number of H-pyrrole nitrogens is 1. The zero-order chi connectivity index (χ0) is 20.5. The molecule has 0 aliphatic rings. The first-order chi connectivity index (χ1) is 14.0. The van der Waals surface area contributed by atoms with Crippen LogP contribution in [0.2, 0.25) is 0 Å². The van der Waals surface area contributed by atoms with Crippen molar-refractivity contribution in [1.82, 2.24) is 20.2 Å². The lowest BCUT2D eigenvalue weighted by atomic mass is 10.0. The highest BCUT2D eigenvalue weighted by Gasteiger charge is 2.16. The van der Waals surface area contributed by atoms with Crippen LogP contribution in [0.1, 0.15) is 32.9 Å². The molecule has 0 spiro atoms. The molecule has 0 radical (unpaired) electrons. The Morgan fingerprint density at radius 2 is 1.97 bits per heavy atom. The molecule has 4 rings (SSSR count). The average Bonchev–Trinajstić information content (AvgIpc) is 3.13. The van der Waals surface area contributed by atoms with Crippen LogP contribution in [0.3, 0.4) is 0 Å². The minimum atomic E-state index is -0.326. The third-order valence-electron chi connectivity index (χ3n) is 4.93. The van der Waals surface area contributed by atoms with Crippen LogP contribution in [0.4, 0.5) is 5.69 Å². The molecular weight excluding hydrogens is 364 g/mol. The second-order valence-corrected chi connectivity index (χ2v) is 6.83. The van der Waals surface area contributed by atoms with E-state index >= 15 is 0 Å². The number of aryl methyl sites for hydroxylation is 1. The van der Waals surface area contributed by atoms with Crippen LogP contribution < -0.4 is 5.32 Å². The van der Waals surface area contributed by atoms with Gasteiger partial charge in [-0.2, -0.15) is 10.4 Å². The molecule has 1 amide bonds. The molecule has 7 heteroatoms. The van der Waals surface area contributed by atoms with Crippen molar-refractivity contribution in [2.75, 3.05) is 5.32 Å². The van der Waals surface area contributed by atoms with Crippen LogP contribution in [-0.2, 0) is 0 Å². The zero-order valence-electron chi connectivity index (χ0n) is 16.2. The van der Waals surface area contributed by atoms with E-state index < -0.39 is 0 Å². The smallest absolute Gasteiger partial charge is 0.274 e. The zero-order valence-corrected chi connectivity index (χ0v) is 16.2. The molecule has 0 aliphatic carbocycles. The molecule has 0 saturated heterocycles. The highest BCUT2D eigenvalue weighted by Crippen LogP contribution is 2.28. The van der Waals surface area contributed by atoms with Crippen molar-refractivity contribution in [3.05, 3.63) is 70.7 Å². The Balaban J connectivity index is 1.69. The molecule has 7 nitrogen and oxygen atoms in total. The average molecular weight is 382 g/mol. The first-order valence-electron chi connectivity index (χ1n) is 9.07. The Labute approximate surface area is 167 Å². The van der Waals surface area contributed by atoms with Crippen LogP contribution in [-0.4, -0.2) is 26.1 Å². The van der Waals surface area contributed by atoms with Gasteiger partial charge in [0.05, 0.1) is 16.8 Å². The van der Waals surface area contributed by atoms with E-state index in [2.05, 4.69) is 31.6 Å². The first-order valence-corrected chi connectivity index (χ1v) is 9.07. The van der Waals surface area contributed by atoms with Crippen LogP contribution >= 0.6 is 0 Å². The third kappa shape index (κ3) is 3.32. The fourth-order valence-electron chi connectivity index (χ4n) is 3.20. The second kappa shape index (κ2) is 7.17. The van der Waals surface area contributed by atoms with E-state index in [1.807, 2.05) is 44.2 Å². The number of anilines is 1. The lowest BCUT2D eigenvalue weighted by Crippen LogP contribution is -2.16. The van der Waals surface area contributed by atoms with Gasteiger partial charge in [0.2, 0.25) is 0 Å². The molecule has 4 aromatic rings. The van der Waals surface area contributed by atoms with Gasteiger partial charge in [-0.1, -0.05) is 6.07 Å². The number of pyridine rings is 2. The standard InChI is InChI=1S/C22H18N6O/c1-12-5-4-6-19(25-12)21-17-9-16(7-8-18(17)27-28-21)26-22(29)20-14(3)13(2)15(10-23)11-24-20/h4-9,11H,1-3H3,(H,26,29)(H,27,28). The number of carbonyl (C=O) groups is 1. The van der Waals surface area contributed by atoms with Gasteiger partial charge in [-0.05, 0) is 62.2 Å². The summed E-state index contributed by atoms with van der Waals surface area (Å²) >= 11 is 0. The van der Waals surface area contributed by atoms with Gasteiger partial charge in [0.15, 0.2) is 0 Å². The van der Waals surface area contributed by atoms with E-state index in [0.717, 1.165) is 33.5 Å². The quantitative estimate of drug-likeness (QED) is 0.555. The van der Waals surface area contributed by atoms with E-state index in [-0.39, 0.29) is 5.91 Å². The maximum Gasteiger partial charge on any atom is 0.274 e. The molecule has 0 bridgehead atoms. The number of nitrogens with one attached hydrogen (secondary N) is 2. The molecule has 142 valence electrons. The van der Waals surface area contributed by atoms with Gasteiger partial charge in [0.1, 0.15) is 17.5 Å². The number of hydrogen-bond donors (Lipinski definition) is 2. The summed E-state index contributed by atoms with van der Waals surface area (Å²) < 4.78 is 0. The fraction of sp³-hybridized carbons (Fsp3) is 0.136. The van der Waals surface area contributed by atoms with E-state index in [0.29, 0.717) is 22.5 Å². The molecule has 0 fully saturated rings. The van der Waals surface area contributed by atoms with E-state index in [9.17, 15) is 4.79 Å². The molecule has 29 heavy (non-hydrogen) atoms. The van der Waals surface area contributed by atoms with Gasteiger partial charge < -0.3 is 5.32 Å². The number of nitrogens with zero attached hydrogens (tertiary/aromatic N) is 4. The van der Waals surface area contributed by atoms with Crippen molar-refractivity contribution in [1.29, 1.82) is 5.26 Å². The van der Waals surface area contributed by atoms with Crippen molar-refractivity contribution in [3.8, 4) is 17.5 Å². The largest absolute Gasteiger partial charge is 0.321 e. The number of hydrogen-bond acceptors (Lipinski definition) is 5. The Kier molecular flexibility index (Phi) is 4.53. The van der Waals surface area contributed by atoms with Crippen LogP contribution in [0.15, 0.2) is 42.6 Å². The van der Waals surface area contributed by atoms with Gasteiger partial charge in [-0.15, -0.1) is 0 Å². The number of amides is 1. The topological polar surface area (TPSA) is 107 Å². The van der Waals surface area contributed by atoms with Crippen molar-refractivity contribution in [3.63, 3.8) is 0 Å². The number of nitriles is 1. The molecule has 1 aromatic carbocycles. The molecule has 0 saturated carbocycles. The molecule has 0 unspecified atom stereocenters. The lowest BCUT2D eigenvalue weighted by Gasteiger charge is -2.10. The van der Waals surface area contributed by atoms with Gasteiger partial charge >= 0.3 is 0 Å². The molecule has 0 aliphatic heterocycles. The van der Waals surface area contributed by atoms with E-state index in [4.69, 9.17) is 5.26 Å². The monoisotopic (exact) mass is 382 g/mol. The minimum absolute atomic E-state index is 0.300. The van der Waals surface area contributed by atoms with Gasteiger partial charge in [0, 0.05) is 23.0 Å². The summed E-state index contributed by atoms with van der Waals surface area (Å²) in [4.78, 5) is 21.5. The Morgan fingerprint density at radius 3 is 2.72 bits per heavy atom. The van der Waals surface area contributed by atoms with Crippen LogP contribution in [0, 0.1) is 32.1 Å². The summed E-state index contributed by atoms with van der Waals surface area (Å²) in [5.41, 5.74) is 6.08. The predicted octanol–water partition coefficient (Wildman–Crippen LogP) is 4.07. The van der Waals surface area contributed by atoms with Gasteiger partial charge in [0.25, 0.3) is 5.91 Å². The van der Waals surface area contributed by atoms with Gasteiger partial charge in [-0.25, -0.2) is 4.98 Å². The van der Waals surface area contributed by atoms with Crippen molar-refractivity contribution >= 4 is 22.5 Å². The Morgan fingerprint density at radius 1 is 1.14 bits per heavy atom. The van der Waals surface area contributed by atoms with Crippen molar-refractivity contribution in [2.24, 2.45) is 0 Å². The normalized spacial score (nSPS) is 10.7. The molecule has 2 N–H and O–H groups in total. The number of aromatic amines is 1. The molecular formula is C22H18N6O. The number of fused-ring (bicyclic) bond motifs is 1. The fourth-order valence-corrected chi connectivity index (χ4v) is 3.20. The molecule has 0 atom stereocenters. The SMILES string of the molecule is Cc1cccc(-c2n[nH]c3ccc(NC(=O)c4ncc(C#N)c(C)c4C)cc23)n1. The summed E-state index contributed by atoms with van der Waals surface area (Å²) in [6, 6.07) is 13.4. The summed E-state index contributed by atoms with van der Waals surface area (Å²) in [6.07, 6.45) is 1.43. The van der Waals surface area contributed by atoms with E-state index in [1.165, 1.54) is 6.20 Å². The van der Waals surface area contributed by atoms with Gasteiger partial charge in [-0.3, -0.25) is 14.9 Å². The lowest BCUT2D eigenvalue weighted by molar-refractivity contribution is 0.102. The summed E-state index contributed by atoms with van der Waals surface area (Å²) in [7, 11) is 0. The maximum absolute atomic E-state index is 12.8. The maximum atomic E-state index is 12.8. The highest BCUT2D eigenvalue weighted by molar-refractivity contribution is 6.05. The molecule has 3 heterocycles. The van der Waals surface area contributed by atoms with Crippen LogP contribution in [0.5, 0.6) is 0 Å². The summed E-state index contributed by atoms with van der Waals surface area (Å²) in [5.74, 6) is -0.326. The number of aromatic nitrogens is 4. The number of benzene rings is 1. The van der Waals surface area contributed by atoms with Crippen molar-refractivity contribution in [2.45, 2.75) is 20.8 Å². The summed E-state index contributed by atoms with van der Waals surface area (Å²) in [6.45, 7) is 5.53. The first kappa shape index (κ1) is 18.3. The van der Waals surface area contributed by atoms with E-state index in [1.54, 1.807) is 13.0 Å².